The molecule has 0 amide bonds. The molecule has 2 aromatic rings. The lowest BCUT2D eigenvalue weighted by atomic mass is 10.2. The minimum Gasteiger partial charge on any atom is -0.388 e. The molecule has 0 saturated heterocycles. The molecule has 1 aromatic carbocycles. The van der Waals surface area contributed by atoms with Crippen LogP contribution in [0.5, 0.6) is 0 Å². The number of pyridine rings is 1. The lowest BCUT2D eigenvalue weighted by molar-refractivity contribution is 1.28. The lowest BCUT2D eigenvalue weighted by Gasteiger charge is -2.11. The average Bonchev–Trinajstić information content (AvgIpc) is 2.32. The van der Waals surface area contributed by atoms with E-state index >= 15 is 0 Å². The third-order valence-corrected chi connectivity index (χ3v) is 2.65. The highest BCUT2D eigenvalue weighted by Gasteiger charge is 2.06. The van der Waals surface area contributed by atoms with Crippen molar-refractivity contribution in [2.75, 3.05) is 5.32 Å². The van der Waals surface area contributed by atoms with Crippen molar-refractivity contribution in [2.45, 2.75) is 6.92 Å². The fraction of sp³-hybridized carbons (Fsp3) is 0.0769. The smallest absolute Gasteiger partial charge is 0.124 e. The number of aromatic nitrogens is 1. The van der Waals surface area contributed by atoms with E-state index in [9.17, 15) is 0 Å². The van der Waals surface area contributed by atoms with E-state index in [0.717, 1.165) is 16.9 Å². The summed E-state index contributed by atoms with van der Waals surface area (Å²) in [6.45, 7) is 2.04. The van der Waals surface area contributed by atoms with E-state index in [1.165, 1.54) is 0 Å². The molecule has 1 heterocycles. The first-order valence-electron chi connectivity index (χ1n) is 5.26. The molecule has 1 aromatic heterocycles. The van der Waals surface area contributed by atoms with Crippen LogP contribution in [0.2, 0.25) is 0 Å². The predicted molar refractivity (Wildman–Crippen MR) is 74.6 cm³/mol. The Morgan fingerprint density at radius 3 is 2.59 bits per heavy atom. The maximum atomic E-state index is 5.64. The number of para-hydroxylation sites is 1. The van der Waals surface area contributed by atoms with E-state index in [1.807, 2.05) is 43.3 Å². The molecule has 0 spiro atoms. The average molecular weight is 243 g/mol. The number of anilines is 2. The monoisotopic (exact) mass is 243 g/mol. The van der Waals surface area contributed by atoms with Gasteiger partial charge in [0, 0.05) is 11.9 Å². The van der Waals surface area contributed by atoms with Gasteiger partial charge in [0.1, 0.15) is 10.7 Å². The topological polar surface area (TPSA) is 50.9 Å². The molecule has 0 radical (unpaired) electrons. The predicted octanol–water partition coefficient (Wildman–Crippen LogP) is 2.77. The van der Waals surface area contributed by atoms with Gasteiger partial charge in [-0.3, -0.25) is 4.98 Å². The van der Waals surface area contributed by atoms with Gasteiger partial charge in [-0.1, -0.05) is 30.4 Å². The fourth-order valence-corrected chi connectivity index (χ4v) is 1.72. The third-order valence-electron chi connectivity index (χ3n) is 2.46. The highest BCUT2D eigenvalue weighted by molar-refractivity contribution is 7.80. The quantitative estimate of drug-likeness (QED) is 0.814. The number of hydrogen-bond acceptors (Lipinski definition) is 3. The Morgan fingerprint density at radius 1 is 1.18 bits per heavy atom. The molecule has 0 saturated carbocycles. The Bertz CT molecular complexity index is 552. The van der Waals surface area contributed by atoms with Crippen molar-refractivity contribution in [3.8, 4) is 0 Å². The number of nitrogens with two attached hydrogens (primary N) is 1. The Morgan fingerprint density at radius 2 is 1.88 bits per heavy atom. The first-order chi connectivity index (χ1) is 8.18. The van der Waals surface area contributed by atoms with Gasteiger partial charge in [0.2, 0.25) is 0 Å². The Kier molecular flexibility index (Phi) is 3.35. The van der Waals surface area contributed by atoms with Gasteiger partial charge in [-0.25, -0.2) is 0 Å². The zero-order valence-electron chi connectivity index (χ0n) is 9.47. The summed E-state index contributed by atoms with van der Waals surface area (Å²) in [5, 5.41) is 3.29. The summed E-state index contributed by atoms with van der Waals surface area (Å²) in [7, 11) is 0. The maximum absolute atomic E-state index is 5.64. The van der Waals surface area contributed by atoms with Crippen LogP contribution in [0, 0.1) is 6.92 Å². The number of benzene rings is 1. The first kappa shape index (κ1) is 11.5. The Balaban J connectivity index is 2.37. The summed E-state index contributed by atoms with van der Waals surface area (Å²) in [4.78, 5) is 4.47. The summed E-state index contributed by atoms with van der Waals surface area (Å²) in [6.07, 6.45) is 1.68. The summed E-state index contributed by atoms with van der Waals surface area (Å²) in [6, 6.07) is 11.8. The van der Waals surface area contributed by atoms with Crippen molar-refractivity contribution in [3.05, 3.63) is 53.9 Å². The molecule has 4 heteroatoms. The molecule has 0 aliphatic heterocycles. The van der Waals surface area contributed by atoms with Gasteiger partial charge in [-0.2, -0.15) is 0 Å². The number of nitrogens with zero attached hydrogens (tertiary/aromatic N) is 1. The van der Waals surface area contributed by atoms with Gasteiger partial charge < -0.3 is 11.1 Å². The Labute approximate surface area is 106 Å². The van der Waals surface area contributed by atoms with E-state index in [1.54, 1.807) is 6.20 Å². The van der Waals surface area contributed by atoms with Crippen molar-refractivity contribution in [2.24, 2.45) is 5.73 Å². The summed E-state index contributed by atoms with van der Waals surface area (Å²) < 4.78 is 0. The highest BCUT2D eigenvalue weighted by Crippen LogP contribution is 2.21. The zero-order valence-corrected chi connectivity index (χ0v) is 10.3. The normalized spacial score (nSPS) is 9.94. The summed E-state index contributed by atoms with van der Waals surface area (Å²) in [5.41, 5.74) is 9.26. The van der Waals surface area contributed by atoms with E-state index in [4.69, 9.17) is 18.0 Å². The van der Waals surface area contributed by atoms with Crippen molar-refractivity contribution < 1.29 is 0 Å². The van der Waals surface area contributed by atoms with Crippen LogP contribution in [0.4, 0.5) is 11.4 Å². The molecular formula is C13H13N3S. The molecule has 2 rings (SSSR count). The second kappa shape index (κ2) is 4.93. The van der Waals surface area contributed by atoms with Crippen molar-refractivity contribution in [1.29, 1.82) is 0 Å². The minimum absolute atomic E-state index is 0.293. The second-order valence-electron chi connectivity index (χ2n) is 3.70. The van der Waals surface area contributed by atoms with E-state index in [-0.39, 0.29) is 0 Å². The zero-order chi connectivity index (χ0) is 12.3. The van der Waals surface area contributed by atoms with Crippen LogP contribution in [-0.4, -0.2) is 9.97 Å². The van der Waals surface area contributed by atoms with Crippen LogP contribution >= 0.6 is 12.2 Å². The van der Waals surface area contributed by atoms with Gasteiger partial charge in [0.15, 0.2) is 0 Å². The van der Waals surface area contributed by atoms with Crippen LogP contribution in [0.3, 0.4) is 0 Å². The standard InChI is InChI=1S/C13H13N3S/c1-9-5-2-3-6-10(9)16-11-7-4-8-15-12(11)13(14)17/h2-8,16H,1H3,(H2,14,17). The van der Waals surface area contributed by atoms with Crippen molar-refractivity contribution in [3.63, 3.8) is 0 Å². The second-order valence-corrected chi connectivity index (χ2v) is 4.14. The molecular weight excluding hydrogens is 230 g/mol. The molecule has 0 aliphatic carbocycles. The van der Waals surface area contributed by atoms with E-state index in [0.29, 0.717) is 10.7 Å². The summed E-state index contributed by atoms with van der Waals surface area (Å²) >= 11 is 4.97. The van der Waals surface area contributed by atoms with Gasteiger partial charge in [-0.15, -0.1) is 0 Å². The number of rotatable bonds is 3. The molecule has 0 unspecified atom stereocenters. The van der Waals surface area contributed by atoms with Crippen molar-refractivity contribution >= 4 is 28.6 Å². The SMILES string of the molecule is Cc1ccccc1Nc1cccnc1C(N)=S. The number of aryl methyl sites for hydroxylation is 1. The maximum Gasteiger partial charge on any atom is 0.124 e. The van der Waals surface area contributed by atoms with Gasteiger partial charge in [0.25, 0.3) is 0 Å². The number of nitrogens with one attached hydrogen (secondary N) is 1. The molecule has 0 fully saturated rings. The third kappa shape index (κ3) is 2.60. The van der Waals surface area contributed by atoms with Gasteiger partial charge in [-0.05, 0) is 30.7 Å². The molecule has 0 bridgehead atoms. The molecule has 0 aliphatic rings. The molecule has 86 valence electrons. The molecule has 3 N–H and O–H groups in total. The largest absolute Gasteiger partial charge is 0.388 e. The van der Waals surface area contributed by atoms with Crippen LogP contribution in [0.1, 0.15) is 11.3 Å². The first-order valence-corrected chi connectivity index (χ1v) is 5.67. The van der Waals surface area contributed by atoms with Crippen LogP contribution in [-0.2, 0) is 0 Å². The molecule has 0 atom stereocenters. The van der Waals surface area contributed by atoms with Gasteiger partial charge >= 0.3 is 0 Å². The summed E-state index contributed by atoms with van der Waals surface area (Å²) in [5.74, 6) is 0. The van der Waals surface area contributed by atoms with Crippen molar-refractivity contribution in [1.82, 2.24) is 4.98 Å². The van der Waals surface area contributed by atoms with Crippen LogP contribution in [0.15, 0.2) is 42.6 Å². The lowest BCUT2D eigenvalue weighted by Crippen LogP contribution is -2.14. The highest BCUT2D eigenvalue weighted by atomic mass is 32.1. The van der Waals surface area contributed by atoms with E-state index < -0.39 is 0 Å². The number of thiocarbonyl (C=S) groups is 1. The molecule has 3 nitrogen and oxygen atoms in total. The van der Waals surface area contributed by atoms with Crippen LogP contribution < -0.4 is 11.1 Å². The molecule has 17 heavy (non-hydrogen) atoms. The fourth-order valence-electron chi connectivity index (χ4n) is 1.56. The Hall–Kier alpha value is -1.94. The number of hydrogen-bond donors (Lipinski definition) is 2. The van der Waals surface area contributed by atoms with Gasteiger partial charge in [0.05, 0.1) is 5.69 Å². The minimum atomic E-state index is 0.293. The van der Waals surface area contributed by atoms with Crippen LogP contribution in [0.25, 0.3) is 0 Å². The van der Waals surface area contributed by atoms with E-state index in [2.05, 4.69) is 10.3 Å².